The lowest BCUT2D eigenvalue weighted by Gasteiger charge is -2.23. The van der Waals surface area contributed by atoms with Crippen LogP contribution in [0.2, 0.25) is 0 Å². The van der Waals surface area contributed by atoms with Crippen LogP contribution in [0.5, 0.6) is 0 Å². The second kappa shape index (κ2) is 5.53. The van der Waals surface area contributed by atoms with E-state index in [-0.39, 0.29) is 0 Å². The lowest BCUT2D eigenvalue weighted by Crippen LogP contribution is -2.20. The number of aryl methyl sites for hydroxylation is 3. The van der Waals surface area contributed by atoms with E-state index in [0.29, 0.717) is 6.04 Å². The van der Waals surface area contributed by atoms with Gasteiger partial charge in [0.25, 0.3) is 0 Å². The minimum Gasteiger partial charge on any atom is -0.329 e. The van der Waals surface area contributed by atoms with Gasteiger partial charge in [0.05, 0.1) is 5.69 Å². The maximum atomic E-state index is 4.62. The average molecular weight is 284 g/mol. The van der Waals surface area contributed by atoms with Gasteiger partial charge in [0.2, 0.25) is 0 Å². The first-order chi connectivity index (χ1) is 10.1. The first-order valence-electron chi connectivity index (χ1n) is 7.63. The Labute approximate surface area is 126 Å². The van der Waals surface area contributed by atoms with Crippen LogP contribution in [0.3, 0.4) is 0 Å². The molecular weight excluding hydrogens is 260 g/mol. The summed E-state index contributed by atoms with van der Waals surface area (Å²) in [6, 6.07) is 9.19. The number of hydrogen-bond donors (Lipinski definition) is 1. The Morgan fingerprint density at radius 3 is 2.67 bits per heavy atom. The number of rotatable bonds is 5. The van der Waals surface area contributed by atoms with Crippen LogP contribution in [-0.4, -0.2) is 22.9 Å². The second-order valence-corrected chi connectivity index (χ2v) is 6.01. The highest BCUT2D eigenvalue weighted by Crippen LogP contribution is 2.31. The van der Waals surface area contributed by atoms with E-state index in [1.165, 1.54) is 35.5 Å². The van der Waals surface area contributed by atoms with Gasteiger partial charge in [-0.25, -0.2) is 0 Å². The maximum Gasteiger partial charge on any atom is 0.135 e. The van der Waals surface area contributed by atoms with E-state index in [9.17, 15) is 0 Å². The van der Waals surface area contributed by atoms with E-state index < -0.39 is 0 Å². The quantitative estimate of drug-likeness (QED) is 0.916. The van der Waals surface area contributed by atoms with Gasteiger partial charge in [0.1, 0.15) is 5.82 Å². The SMILES string of the molecule is Cc1ccccc1N(C)c1c(CNC2CC2)c(C)nn1C. The lowest BCUT2D eigenvalue weighted by molar-refractivity contribution is 0.684. The summed E-state index contributed by atoms with van der Waals surface area (Å²) in [5.41, 5.74) is 4.92. The van der Waals surface area contributed by atoms with Crippen LogP contribution in [0.15, 0.2) is 24.3 Å². The fraction of sp³-hybridized carbons (Fsp3) is 0.471. The fourth-order valence-electron chi connectivity index (χ4n) is 2.90. The third-order valence-electron chi connectivity index (χ3n) is 4.25. The molecule has 4 nitrogen and oxygen atoms in total. The Morgan fingerprint density at radius 2 is 2.00 bits per heavy atom. The van der Waals surface area contributed by atoms with Crippen molar-refractivity contribution in [1.29, 1.82) is 0 Å². The summed E-state index contributed by atoms with van der Waals surface area (Å²) >= 11 is 0. The van der Waals surface area contributed by atoms with Gasteiger partial charge >= 0.3 is 0 Å². The Hall–Kier alpha value is -1.81. The number of benzene rings is 1. The Morgan fingerprint density at radius 1 is 1.29 bits per heavy atom. The summed E-state index contributed by atoms with van der Waals surface area (Å²) in [4.78, 5) is 2.25. The van der Waals surface area contributed by atoms with Crippen molar-refractivity contribution < 1.29 is 0 Å². The predicted molar refractivity (Wildman–Crippen MR) is 87.0 cm³/mol. The zero-order chi connectivity index (χ0) is 15.0. The molecule has 1 fully saturated rings. The maximum absolute atomic E-state index is 4.62. The monoisotopic (exact) mass is 284 g/mol. The highest BCUT2D eigenvalue weighted by atomic mass is 15.4. The van der Waals surface area contributed by atoms with Crippen molar-refractivity contribution in [3.8, 4) is 0 Å². The molecule has 0 amide bonds. The number of para-hydroxylation sites is 1. The van der Waals surface area contributed by atoms with Crippen molar-refractivity contribution in [3.63, 3.8) is 0 Å². The second-order valence-electron chi connectivity index (χ2n) is 6.01. The largest absolute Gasteiger partial charge is 0.329 e. The molecule has 1 N–H and O–H groups in total. The molecule has 1 aromatic carbocycles. The molecule has 1 aliphatic rings. The molecule has 0 radical (unpaired) electrons. The van der Waals surface area contributed by atoms with Crippen molar-refractivity contribution in [2.45, 2.75) is 39.3 Å². The summed E-state index contributed by atoms with van der Waals surface area (Å²) in [7, 11) is 4.15. The lowest BCUT2D eigenvalue weighted by atomic mass is 10.1. The summed E-state index contributed by atoms with van der Waals surface area (Å²) in [6.07, 6.45) is 2.62. The van der Waals surface area contributed by atoms with E-state index in [2.05, 4.69) is 60.5 Å². The van der Waals surface area contributed by atoms with Crippen LogP contribution in [0.1, 0.15) is 29.7 Å². The van der Waals surface area contributed by atoms with Crippen molar-refractivity contribution in [2.24, 2.45) is 7.05 Å². The van der Waals surface area contributed by atoms with Gasteiger partial charge in [-0.3, -0.25) is 4.68 Å². The smallest absolute Gasteiger partial charge is 0.135 e. The van der Waals surface area contributed by atoms with E-state index in [1.807, 2.05) is 11.7 Å². The van der Waals surface area contributed by atoms with E-state index in [0.717, 1.165) is 12.2 Å². The molecule has 112 valence electrons. The topological polar surface area (TPSA) is 33.1 Å². The van der Waals surface area contributed by atoms with Crippen LogP contribution >= 0.6 is 0 Å². The van der Waals surface area contributed by atoms with Crippen molar-refractivity contribution in [2.75, 3.05) is 11.9 Å². The molecule has 1 heterocycles. The molecule has 21 heavy (non-hydrogen) atoms. The number of nitrogens with zero attached hydrogens (tertiary/aromatic N) is 3. The van der Waals surface area contributed by atoms with Crippen molar-refractivity contribution in [3.05, 3.63) is 41.1 Å². The van der Waals surface area contributed by atoms with E-state index in [1.54, 1.807) is 0 Å². The molecular formula is C17H24N4. The fourth-order valence-corrected chi connectivity index (χ4v) is 2.90. The number of aromatic nitrogens is 2. The summed E-state index contributed by atoms with van der Waals surface area (Å²) in [5.74, 6) is 1.18. The zero-order valence-corrected chi connectivity index (χ0v) is 13.3. The molecule has 2 aromatic rings. The summed E-state index contributed by atoms with van der Waals surface area (Å²) in [6.45, 7) is 5.15. The molecule has 1 aliphatic carbocycles. The van der Waals surface area contributed by atoms with Crippen LogP contribution in [0.4, 0.5) is 11.5 Å². The highest BCUT2D eigenvalue weighted by molar-refractivity contribution is 5.66. The van der Waals surface area contributed by atoms with Crippen molar-refractivity contribution in [1.82, 2.24) is 15.1 Å². The first-order valence-corrected chi connectivity index (χ1v) is 7.63. The Kier molecular flexibility index (Phi) is 3.72. The van der Waals surface area contributed by atoms with Gasteiger partial charge < -0.3 is 10.2 Å². The van der Waals surface area contributed by atoms with E-state index >= 15 is 0 Å². The third kappa shape index (κ3) is 2.81. The van der Waals surface area contributed by atoms with Gasteiger partial charge in [0, 0.05) is 37.9 Å². The molecule has 0 unspecified atom stereocenters. The van der Waals surface area contributed by atoms with Crippen LogP contribution in [-0.2, 0) is 13.6 Å². The van der Waals surface area contributed by atoms with Gasteiger partial charge in [-0.15, -0.1) is 0 Å². The van der Waals surface area contributed by atoms with Gasteiger partial charge in [-0.05, 0) is 38.3 Å². The molecule has 0 spiro atoms. The minimum absolute atomic E-state index is 0.709. The molecule has 4 heteroatoms. The minimum atomic E-state index is 0.709. The summed E-state index contributed by atoms with van der Waals surface area (Å²) in [5, 5.41) is 8.23. The molecule has 3 rings (SSSR count). The first kappa shape index (κ1) is 14.1. The molecule has 0 saturated heterocycles. The Balaban J connectivity index is 1.94. The molecule has 0 aliphatic heterocycles. The normalized spacial score (nSPS) is 14.5. The Bertz CT molecular complexity index is 640. The molecule has 1 saturated carbocycles. The van der Waals surface area contributed by atoms with Crippen molar-refractivity contribution >= 4 is 11.5 Å². The van der Waals surface area contributed by atoms with Gasteiger partial charge in [0.15, 0.2) is 0 Å². The van der Waals surface area contributed by atoms with Crippen LogP contribution in [0.25, 0.3) is 0 Å². The predicted octanol–water partition coefficient (Wildman–Crippen LogP) is 3.06. The summed E-state index contributed by atoms with van der Waals surface area (Å²) < 4.78 is 1.99. The molecule has 0 atom stereocenters. The number of nitrogens with one attached hydrogen (secondary N) is 1. The number of anilines is 2. The van der Waals surface area contributed by atoms with Crippen LogP contribution in [0, 0.1) is 13.8 Å². The zero-order valence-electron chi connectivity index (χ0n) is 13.3. The van der Waals surface area contributed by atoms with Gasteiger partial charge in [-0.1, -0.05) is 18.2 Å². The number of hydrogen-bond acceptors (Lipinski definition) is 3. The van der Waals surface area contributed by atoms with Crippen LogP contribution < -0.4 is 10.2 Å². The highest BCUT2D eigenvalue weighted by Gasteiger charge is 2.23. The van der Waals surface area contributed by atoms with Gasteiger partial charge in [-0.2, -0.15) is 5.10 Å². The molecule has 1 aromatic heterocycles. The standard InChI is InChI=1S/C17H24N4/c1-12-7-5-6-8-16(12)20(3)17-15(11-18-14-9-10-14)13(2)19-21(17)4/h5-8,14,18H,9-11H2,1-4H3. The molecule has 0 bridgehead atoms. The van der Waals surface area contributed by atoms with E-state index in [4.69, 9.17) is 0 Å². The average Bonchev–Trinajstić information content (AvgIpc) is 3.22. The third-order valence-corrected chi connectivity index (χ3v) is 4.25.